The zero-order chi connectivity index (χ0) is 14.4. The smallest absolute Gasteiger partial charge is 0.160 e. The van der Waals surface area contributed by atoms with E-state index in [1.54, 1.807) is 13.2 Å². The van der Waals surface area contributed by atoms with Crippen molar-refractivity contribution in [1.82, 2.24) is 5.32 Å². The van der Waals surface area contributed by atoms with Crippen LogP contribution in [0, 0.1) is 11.8 Å². The number of benzene rings is 1. The van der Waals surface area contributed by atoms with E-state index in [1.807, 2.05) is 12.1 Å². The maximum atomic E-state index is 9.56. The SMILES string of the molecule is COc1cc(CNCCC2CCCC(C)C2)ccc1O. The lowest BCUT2D eigenvalue weighted by Gasteiger charge is -2.26. The van der Waals surface area contributed by atoms with Crippen molar-refractivity contribution in [2.45, 2.75) is 45.6 Å². The Hall–Kier alpha value is -1.22. The van der Waals surface area contributed by atoms with Crippen molar-refractivity contribution in [2.75, 3.05) is 13.7 Å². The standard InChI is InChI=1S/C17H27NO2/c1-13-4-3-5-14(10-13)8-9-18-12-15-6-7-16(19)17(11-15)20-2/h6-7,11,13-14,18-19H,3-5,8-10,12H2,1-2H3. The van der Waals surface area contributed by atoms with Gasteiger partial charge >= 0.3 is 0 Å². The van der Waals surface area contributed by atoms with E-state index < -0.39 is 0 Å². The third-order valence-corrected chi connectivity index (χ3v) is 4.35. The Morgan fingerprint density at radius 2 is 2.20 bits per heavy atom. The summed E-state index contributed by atoms with van der Waals surface area (Å²) < 4.78 is 5.12. The Labute approximate surface area is 122 Å². The quantitative estimate of drug-likeness (QED) is 0.779. The molecule has 2 rings (SSSR count). The Bertz CT molecular complexity index is 419. The molecule has 0 aliphatic heterocycles. The summed E-state index contributed by atoms with van der Waals surface area (Å²) >= 11 is 0. The van der Waals surface area contributed by atoms with Crippen LogP contribution in [0.1, 0.15) is 44.6 Å². The first-order valence-corrected chi connectivity index (χ1v) is 7.75. The molecule has 0 spiro atoms. The molecule has 3 nitrogen and oxygen atoms in total. The summed E-state index contributed by atoms with van der Waals surface area (Å²) in [6.07, 6.45) is 6.89. The third kappa shape index (κ3) is 4.41. The molecule has 0 aromatic heterocycles. The van der Waals surface area contributed by atoms with Crippen LogP contribution in [-0.4, -0.2) is 18.8 Å². The topological polar surface area (TPSA) is 41.5 Å². The minimum atomic E-state index is 0.201. The fourth-order valence-electron chi connectivity index (χ4n) is 3.19. The summed E-state index contributed by atoms with van der Waals surface area (Å²) in [7, 11) is 1.58. The molecule has 0 radical (unpaired) electrons. The average molecular weight is 277 g/mol. The molecule has 1 aliphatic carbocycles. The molecule has 1 aromatic carbocycles. The molecule has 1 aromatic rings. The maximum absolute atomic E-state index is 9.56. The van der Waals surface area contributed by atoms with Crippen LogP contribution in [0.15, 0.2) is 18.2 Å². The van der Waals surface area contributed by atoms with Gasteiger partial charge in [0.2, 0.25) is 0 Å². The van der Waals surface area contributed by atoms with E-state index in [9.17, 15) is 5.11 Å². The van der Waals surface area contributed by atoms with Crippen molar-refractivity contribution >= 4 is 0 Å². The van der Waals surface area contributed by atoms with Crippen LogP contribution < -0.4 is 10.1 Å². The van der Waals surface area contributed by atoms with Gasteiger partial charge in [0.1, 0.15) is 0 Å². The van der Waals surface area contributed by atoms with Crippen molar-refractivity contribution in [3.05, 3.63) is 23.8 Å². The Morgan fingerprint density at radius 3 is 2.95 bits per heavy atom. The molecule has 2 unspecified atom stereocenters. The minimum Gasteiger partial charge on any atom is -0.504 e. The van der Waals surface area contributed by atoms with Crippen LogP contribution in [0.25, 0.3) is 0 Å². The number of ether oxygens (including phenoxy) is 1. The molecule has 2 N–H and O–H groups in total. The molecule has 0 amide bonds. The number of aromatic hydroxyl groups is 1. The number of phenolic OH excluding ortho intramolecular Hbond substituents is 1. The molecule has 0 bridgehead atoms. The second-order valence-corrected chi connectivity index (χ2v) is 6.11. The highest BCUT2D eigenvalue weighted by atomic mass is 16.5. The highest BCUT2D eigenvalue weighted by molar-refractivity contribution is 5.41. The van der Waals surface area contributed by atoms with Gasteiger partial charge in [-0.05, 0) is 48.9 Å². The highest BCUT2D eigenvalue weighted by Gasteiger charge is 2.18. The maximum Gasteiger partial charge on any atom is 0.160 e. The zero-order valence-corrected chi connectivity index (χ0v) is 12.7. The van der Waals surface area contributed by atoms with Crippen LogP contribution >= 0.6 is 0 Å². The van der Waals surface area contributed by atoms with Gasteiger partial charge in [-0.15, -0.1) is 0 Å². The number of nitrogens with one attached hydrogen (secondary N) is 1. The molecule has 1 fully saturated rings. The van der Waals surface area contributed by atoms with Gasteiger partial charge in [0, 0.05) is 6.54 Å². The lowest BCUT2D eigenvalue weighted by atomic mass is 9.81. The molecule has 0 saturated heterocycles. The molecule has 112 valence electrons. The molecule has 20 heavy (non-hydrogen) atoms. The molecule has 3 heteroatoms. The summed E-state index contributed by atoms with van der Waals surface area (Å²) in [6.45, 7) is 4.28. The first-order valence-electron chi connectivity index (χ1n) is 7.75. The van der Waals surface area contributed by atoms with E-state index in [-0.39, 0.29) is 5.75 Å². The Kier molecular flexibility index (Phi) is 5.72. The number of hydrogen-bond acceptors (Lipinski definition) is 3. The minimum absolute atomic E-state index is 0.201. The second-order valence-electron chi connectivity index (χ2n) is 6.11. The van der Waals surface area contributed by atoms with Crippen molar-refractivity contribution < 1.29 is 9.84 Å². The molecular weight excluding hydrogens is 250 g/mol. The van der Waals surface area contributed by atoms with Crippen molar-refractivity contribution in [3.8, 4) is 11.5 Å². The molecular formula is C17H27NO2. The van der Waals surface area contributed by atoms with Crippen LogP contribution in [-0.2, 0) is 6.54 Å². The molecule has 0 heterocycles. The van der Waals surface area contributed by atoms with Gasteiger partial charge in [-0.1, -0.05) is 32.3 Å². The summed E-state index contributed by atoms with van der Waals surface area (Å²) in [5.74, 6) is 2.56. The van der Waals surface area contributed by atoms with E-state index in [0.717, 1.165) is 30.5 Å². The summed E-state index contributed by atoms with van der Waals surface area (Å²) in [5, 5.41) is 13.1. The first-order chi connectivity index (χ1) is 9.69. The van der Waals surface area contributed by atoms with Crippen molar-refractivity contribution in [2.24, 2.45) is 11.8 Å². The summed E-state index contributed by atoms with van der Waals surface area (Å²) in [5.41, 5.74) is 1.15. The number of rotatable bonds is 6. The second kappa shape index (κ2) is 7.53. The van der Waals surface area contributed by atoms with E-state index in [1.165, 1.54) is 32.1 Å². The van der Waals surface area contributed by atoms with Gasteiger partial charge in [0.25, 0.3) is 0 Å². The van der Waals surface area contributed by atoms with Gasteiger partial charge < -0.3 is 15.2 Å². The largest absolute Gasteiger partial charge is 0.504 e. The van der Waals surface area contributed by atoms with E-state index >= 15 is 0 Å². The van der Waals surface area contributed by atoms with Gasteiger partial charge in [0.15, 0.2) is 11.5 Å². The first kappa shape index (κ1) is 15.2. The van der Waals surface area contributed by atoms with Crippen LogP contribution in [0.5, 0.6) is 11.5 Å². The zero-order valence-electron chi connectivity index (χ0n) is 12.7. The molecule has 1 saturated carbocycles. The monoisotopic (exact) mass is 277 g/mol. The summed E-state index contributed by atoms with van der Waals surface area (Å²) in [6, 6.07) is 5.53. The molecule has 1 aliphatic rings. The fraction of sp³-hybridized carbons (Fsp3) is 0.647. The van der Waals surface area contributed by atoms with Gasteiger partial charge in [-0.3, -0.25) is 0 Å². The number of methoxy groups -OCH3 is 1. The van der Waals surface area contributed by atoms with Gasteiger partial charge in [-0.25, -0.2) is 0 Å². The number of phenols is 1. The average Bonchev–Trinajstić information content (AvgIpc) is 2.45. The lowest BCUT2D eigenvalue weighted by Crippen LogP contribution is -2.21. The lowest BCUT2D eigenvalue weighted by molar-refractivity contribution is 0.267. The van der Waals surface area contributed by atoms with Crippen LogP contribution in [0.4, 0.5) is 0 Å². The highest BCUT2D eigenvalue weighted by Crippen LogP contribution is 2.30. The van der Waals surface area contributed by atoms with E-state index in [0.29, 0.717) is 5.75 Å². The van der Waals surface area contributed by atoms with Crippen molar-refractivity contribution in [3.63, 3.8) is 0 Å². The summed E-state index contributed by atoms with van der Waals surface area (Å²) in [4.78, 5) is 0. The fourth-order valence-corrected chi connectivity index (χ4v) is 3.19. The normalized spacial score (nSPS) is 22.7. The van der Waals surface area contributed by atoms with E-state index in [2.05, 4.69) is 12.2 Å². The molecule has 2 atom stereocenters. The van der Waals surface area contributed by atoms with Crippen molar-refractivity contribution in [1.29, 1.82) is 0 Å². The van der Waals surface area contributed by atoms with Crippen LogP contribution in [0.2, 0.25) is 0 Å². The van der Waals surface area contributed by atoms with Crippen LogP contribution in [0.3, 0.4) is 0 Å². The van der Waals surface area contributed by atoms with Gasteiger partial charge in [0.05, 0.1) is 7.11 Å². The Morgan fingerprint density at radius 1 is 1.35 bits per heavy atom. The Balaban J connectivity index is 1.70. The predicted molar refractivity (Wildman–Crippen MR) is 82.1 cm³/mol. The van der Waals surface area contributed by atoms with E-state index in [4.69, 9.17) is 4.74 Å². The number of hydrogen-bond donors (Lipinski definition) is 2. The predicted octanol–water partition coefficient (Wildman–Crippen LogP) is 3.71. The van der Waals surface area contributed by atoms with Gasteiger partial charge in [-0.2, -0.15) is 0 Å². The third-order valence-electron chi connectivity index (χ3n) is 4.35.